The molecule has 0 spiro atoms. The van der Waals surface area contributed by atoms with E-state index in [2.05, 4.69) is 19.1 Å². The number of hydrogen-bond acceptors (Lipinski definition) is 2. The highest BCUT2D eigenvalue weighted by atomic mass is 32.2. The SMILES string of the molecule is CBSC(=N)NCCCCCCCC. The van der Waals surface area contributed by atoms with Gasteiger partial charge in [-0.15, -0.1) is 11.6 Å². The van der Waals surface area contributed by atoms with Crippen molar-refractivity contribution in [2.45, 2.75) is 52.3 Å². The van der Waals surface area contributed by atoms with Crippen molar-refractivity contribution in [1.29, 1.82) is 5.41 Å². The van der Waals surface area contributed by atoms with Crippen LogP contribution in [0.25, 0.3) is 0 Å². The fourth-order valence-electron chi connectivity index (χ4n) is 1.30. The van der Waals surface area contributed by atoms with E-state index in [-0.39, 0.29) is 0 Å². The maximum atomic E-state index is 7.49. The summed E-state index contributed by atoms with van der Waals surface area (Å²) >= 11 is 1.58. The molecule has 0 aromatic heterocycles. The smallest absolute Gasteiger partial charge is 0.198 e. The van der Waals surface area contributed by atoms with Gasteiger partial charge >= 0.3 is 0 Å². The Morgan fingerprint density at radius 3 is 2.50 bits per heavy atom. The summed E-state index contributed by atoms with van der Waals surface area (Å²) in [5, 5.41) is 11.2. The molecule has 0 bridgehead atoms. The van der Waals surface area contributed by atoms with Gasteiger partial charge in [-0.2, -0.15) is 0 Å². The van der Waals surface area contributed by atoms with Gasteiger partial charge in [-0.25, -0.2) is 0 Å². The molecule has 0 amide bonds. The minimum absolute atomic E-state index is 0.626. The maximum absolute atomic E-state index is 7.49. The van der Waals surface area contributed by atoms with Crippen LogP contribution in [-0.2, 0) is 0 Å². The topological polar surface area (TPSA) is 35.9 Å². The minimum Gasteiger partial charge on any atom is -0.366 e. The molecule has 0 aromatic rings. The first kappa shape index (κ1) is 13.9. The van der Waals surface area contributed by atoms with Crippen LogP contribution in [0.1, 0.15) is 45.4 Å². The first-order valence-corrected chi connectivity index (χ1v) is 6.75. The van der Waals surface area contributed by atoms with E-state index in [1.54, 1.807) is 11.6 Å². The Labute approximate surface area is 93.3 Å². The molecule has 2 N–H and O–H groups in total. The molecular formula is C10H23BN2S. The van der Waals surface area contributed by atoms with Crippen molar-refractivity contribution in [1.82, 2.24) is 5.32 Å². The lowest BCUT2D eigenvalue weighted by Crippen LogP contribution is -2.21. The van der Waals surface area contributed by atoms with Gasteiger partial charge in [0.2, 0.25) is 0 Å². The normalized spacial score (nSPS) is 9.86. The van der Waals surface area contributed by atoms with Crippen LogP contribution in [0.3, 0.4) is 0 Å². The van der Waals surface area contributed by atoms with Gasteiger partial charge in [0.1, 0.15) is 5.17 Å². The standard InChI is InChI=1S/C10H23BN2S/c1-3-4-5-6-7-8-9-13-10(12)14-11-2/h11H,3-9H2,1-2H3,(H2,12,13). The average molecular weight is 214 g/mol. The Kier molecular flexibility index (Phi) is 10.9. The summed E-state index contributed by atoms with van der Waals surface area (Å²) in [4.78, 5) is 0. The van der Waals surface area contributed by atoms with E-state index in [9.17, 15) is 0 Å². The molecule has 2 nitrogen and oxygen atoms in total. The van der Waals surface area contributed by atoms with E-state index in [0.717, 1.165) is 13.1 Å². The Balaban J connectivity index is 3.01. The second kappa shape index (κ2) is 11.0. The number of amidine groups is 1. The maximum Gasteiger partial charge on any atom is 0.198 e. The molecule has 14 heavy (non-hydrogen) atoms. The zero-order valence-electron chi connectivity index (χ0n) is 9.57. The molecule has 0 unspecified atom stereocenters. The van der Waals surface area contributed by atoms with Crippen LogP contribution in [-0.4, -0.2) is 18.3 Å². The second-order valence-corrected chi connectivity index (χ2v) is 4.73. The zero-order valence-corrected chi connectivity index (χ0v) is 10.4. The van der Waals surface area contributed by atoms with E-state index >= 15 is 0 Å². The molecule has 0 aromatic carbocycles. The van der Waals surface area contributed by atoms with E-state index < -0.39 is 0 Å². The lowest BCUT2D eigenvalue weighted by molar-refractivity contribution is 0.603. The van der Waals surface area contributed by atoms with Crippen molar-refractivity contribution in [3.05, 3.63) is 0 Å². The lowest BCUT2D eigenvalue weighted by atomic mass is 10.1. The quantitative estimate of drug-likeness (QED) is 0.282. The van der Waals surface area contributed by atoms with E-state index in [1.165, 1.54) is 38.5 Å². The molecule has 82 valence electrons. The number of nitrogens with one attached hydrogen (secondary N) is 2. The summed E-state index contributed by atoms with van der Waals surface area (Å²) in [5.41, 5.74) is 0. The first-order valence-electron chi connectivity index (χ1n) is 5.76. The third kappa shape index (κ3) is 9.97. The van der Waals surface area contributed by atoms with Crippen LogP contribution >= 0.6 is 11.6 Å². The fourth-order valence-corrected chi connectivity index (χ4v) is 1.80. The predicted octanol–water partition coefficient (Wildman–Crippen LogP) is 3.00. The van der Waals surface area contributed by atoms with E-state index in [1.807, 2.05) is 0 Å². The van der Waals surface area contributed by atoms with Gasteiger partial charge in [-0.05, 0) is 6.42 Å². The monoisotopic (exact) mass is 214 g/mol. The van der Waals surface area contributed by atoms with Crippen molar-refractivity contribution < 1.29 is 0 Å². The van der Waals surface area contributed by atoms with E-state index in [4.69, 9.17) is 5.41 Å². The highest BCUT2D eigenvalue weighted by Gasteiger charge is 1.94. The highest BCUT2D eigenvalue weighted by Crippen LogP contribution is 2.04. The van der Waals surface area contributed by atoms with Crippen molar-refractivity contribution in [3.8, 4) is 0 Å². The molecule has 0 aliphatic carbocycles. The third-order valence-corrected chi connectivity index (χ3v) is 2.83. The Morgan fingerprint density at radius 1 is 1.21 bits per heavy atom. The number of unbranched alkanes of at least 4 members (excludes halogenated alkanes) is 5. The minimum atomic E-state index is 0.626. The molecule has 4 heteroatoms. The van der Waals surface area contributed by atoms with Crippen LogP contribution in [0.15, 0.2) is 0 Å². The Bertz CT molecular complexity index is 142. The Hall–Kier alpha value is -0.115. The van der Waals surface area contributed by atoms with Gasteiger partial charge < -0.3 is 5.32 Å². The molecular weight excluding hydrogens is 191 g/mol. The second-order valence-electron chi connectivity index (χ2n) is 3.46. The van der Waals surface area contributed by atoms with Gasteiger partial charge in [0.15, 0.2) is 6.56 Å². The van der Waals surface area contributed by atoms with Gasteiger partial charge in [-0.3, -0.25) is 5.41 Å². The molecule has 0 fully saturated rings. The molecule has 0 saturated heterocycles. The van der Waals surface area contributed by atoms with Crippen molar-refractivity contribution in [3.63, 3.8) is 0 Å². The molecule has 0 aliphatic heterocycles. The van der Waals surface area contributed by atoms with E-state index in [0.29, 0.717) is 5.17 Å². The summed E-state index contributed by atoms with van der Waals surface area (Å²) in [6.45, 7) is 6.27. The number of rotatable bonds is 8. The highest BCUT2D eigenvalue weighted by molar-refractivity contribution is 8.33. The first-order chi connectivity index (χ1) is 6.81. The van der Waals surface area contributed by atoms with Gasteiger partial charge in [0.05, 0.1) is 0 Å². The van der Waals surface area contributed by atoms with Gasteiger partial charge in [0, 0.05) is 6.54 Å². The third-order valence-electron chi connectivity index (χ3n) is 2.10. The summed E-state index contributed by atoms with van der Waals surface area (Å²) < 4.78 is 0. The van der Waals surface area contributed by atoms with Gasteiger partial charge in [-0.1, -0.05) is 45.9 Å². The molecule has 0 rings (SSSR count). The largest absolute Gasteiger partial charge is 0.366 e. The van der Waals surface area contributed by atoms with Crippen molar-refractivity contribution >= 4 is 23.3 Å². The van der Waals surface area contributed by atoms with Gasteiger partial charge in [0.25, 0.3) is 0 Å². The summed E-state index contributed by atoms with van der Waals surface area (Å²) in [5.74, 6) is 0. The molecule has 0 saturated carbocycles. The van der Waals surface area contributed by atoms with Crippen LogP contribution in [0.5, 0.6) is 0 Å². The molecule has 0 radical (unpaired) electrons. The Morgan fingerprint density at radius 2 is 1.86 bits per heavy atom. The summed E-state index contributed by atoms with van der Waals surface area (Å²) in [6.07, 6.45) is 7.92. The fraction of sp³-hybridized carbons (Fsp3) is 0.900. The van der Waals surface area contributed by atoms with Crippen LogP contribution in [0.4, 0.5) is 0 Å². The molecule has 0 atom stereocenters. The lowest BCUT2D eigenvalue weighted by Gasteiger charge is -2.05. The predicted molar refractivity (Wildman–Crippen MR) is 69.7 cm³/mol. The van der Waals surface area contributed by atoms with Crippen LogP contribution < -0.4 is 5.32 Å². The summed E-state index contributed by atoms with van der Waals surface area (Å²) in [7, 11) is 0. The number of hydrogen-bond donors (Lipinski definition) is 2. The van der Waals surface area contributed by atoms with Crippen LogP contribution in [0.2, 0.25) is 6.82 Å². The van der Waals surface area contributed by atoms with Crippen LogP contribution in [0, 0.1) is 5.41 Å². The molecule has 0 heterocycles. The summed E-state index contributed by atoms with van der Waals surface area (Å²) in [6, 6.07) is 0. The average Bonchev–Trinajstić information content (AvgIpc) is 2.17. The van der Waals surface area contributed by atoms with Crippen molar-refractivity contribution in [2.75, 3.05) is 6.54 Å². The van der Waals surface area contributed by atoms with Crippen molar-refractivity contribution in [2.24, 2.45) is 0 Å². The zero-order chi connectivity index (χ0) is 10.6. The molecule has 0 aliphatic rings.